The van der Waals surface area contributed by atoms with E-state index in [1.807, 2.05) is 0 Å². The maximum atomic E-state index is 12.6. The molecule has 2 aromatic rings. The lowest BCUT2D eigenvalue weighted by Gasteiger charge is -2.33. The molecule has 4 nitrogen and oxygen atoms in total. The van der Waals surface area contributed by atoms with Crippen LogP contribution in [0.3, 0.4) is 0 Å². The zero-order chi connectivity index (χ0) is 20.4. The first kappa shape index (κ1) is 20.2. The predicted molar refractivity (Wildman–Crippen MR) is 118 cm³/mol. The van der Waals surface area contributed by atoms with Gasteiger partial charge in [0.25, 0.3) is 5.56 Å². The molecule has 152 valence electrons. The number of halogens is 2. The van der Waals surface area contributed by atoms with Crippen molar-refractivity contribution in [3.05, 3.63) is 90.2 Å². The van der Waals surface area contributed by atoms with Gasteiger partial charge in [0.15, 0.2) is 0 Å². The quantitative estimate of drug-likeness (QED) is 0.684. The van der Waals surface area contributed by atoms with Crippen molar-refractivity contribution in [1.29, 1.82) is 0 Å². The lowest BCUT2D eigenvalue weighted by atomic mass is 9.72. The van der Waals surface area contributed by atoms with Gasteiger partial charge in [0.1, 0.15) is 0 Å². The minimum absolute atomic E-state index is 0.178. The molecule has 2 aliphatic carbocycles. The monoisotopic (exact) mass is 430 g/mol. The molecule has 4 rings (SSSR count). The lowest BCUT2D eigenvalue weighted by molar-refractivity contribution is 0.262. The Morgan fingerprint density at radius 1 is 1.00 bits per heavy atom. The van der Waals surface area contributed by atoms with Crippen molar-refractivity contribution in [3.8, 4) is 0 Å². The van der Waals surface area contributed by atoms with Crippen LogP contribution in [0.4, 0.5) is 0 Å². The van der Waals surface area contributed by atoms with Gasteiger partial charge in [0.05, 0.1) is 0 Å². The Labute approximate surface area is 179 Å². The summed E-state index contributed by atoms with van der Waals surface area (Å²) in [6, 6.07) is 5.23. The molecular weight excluding hydrogens is 407 g/mol. The number of allylic oxidation sites excluding steroid dienone is 4. The molecule has 2 aliphatic rings. The topological polar surface area (TPSA) is 65.7 Å². The van der Waals surface area contributed by atoms with Gasteiger partial charge >= 0.3 is 5.69 Å². The van der Waals surface area contributed by atoms with Crippen molar-refractivity contribution in [1.82, 2.24) is 9.97 Å². The highest BCUT2D eigenvalue weighted by Gasteiger charge is 2.29. The SMILES string of the molecule is O=c1[nH]c(=O)c(Cc2cc(Cl)ccc2Cl)c([C@H]2CC[C@H](C3C=CC=CC3)CC2)[nH]1. The van der Waals surface area contributed by atoms with Crippen LogP contribution in [0, 0.1) is 11.8 Å². The van der Waals surface area contributed by atoms with E-state index in [9.17, 15) is 9.59 Å². The van der Waals surface area contributed by atoms with E-state index in [-0.39, 0.29) is 11.5 Å². The molecule has 1 heterocycles. The molecule has 0 bridgehead atoms. The summed E-state index contributed by atoms with van der Waals surface area (Å²) in [7, 11) is 0. The molecular formula is C23H24Cl2N2O2. The molecule has 0 radical (unpaired) electrons. The smallest absolute Gasteiger partial charge is 0.311 e. The molecule has 1 aromatic carbocycles. The highest BCUT2D eigenvalue weighted by Crippen LogP contribution is 2.40. The van der Waals surface area contributed by atoms with Crippen LogP contribution >= 0.6 is 23.2 Å². The molecule has 1 aromatic heterocycles. The van der Waals surface area contributed by atoms with Crippen molar-refractivity contribution in [2.75, 3.05) is 0 Å². The number of nitrogens with one attached hydrogen (secondary N) is 2. The second kappa shape index (κ2) is 8.76. The minimum atomic E-state index is -0.451. The van der Waals surface area contributed by atoms with Crippen molar-refractivity contribution in [2.45, 2.75) is 44.4 Å². The summed E-state index contributed by atoms with van der Waals surface area (Å²) in [5, 5.41) is 1.13. The maximum absolute atomic E-state index is 12.6. The molecule has 1 atom stereocenters. The third kappa shape index (κ3) is 4.59. The zero-order valence-corrected chi connectivity index (χ0v) is 17.6. The summed E-state index contributed by atoms with van der Waals surface area (Å²) in [6.07, 6.45) is 14.4. The first-order valence-corrected chi connectivity index (χ1v) is 10.9. The van der Waals surface area contributed by atoms with E-state index in [1.54, 1.807) is 18.2 Å². The fraction of sp³-hybridized carbons (Fsp3) is 0.391. The Bertz CT molecular complexity index is 1060. The molecule has 6 heteroatoms. The van der Waals surface area contributed by atoms with E-state index in [4.69, 9.17) is 23.2 Å². The highest BCUT2D eigenvalue weighted by atomic mass is 35.5. The molecule has 1 saturated carbocycles. The van der Waals surface area contributed by atoms with Gasteiger partial charge in [-0.1, -0.05) is 47.5 Å². The maximum Gasteiger partial charge on any atom is 0.325 e. The Hall–Kier alpha value is -2.04. The van der Waals surface area contributed by atoms with Crippen LogP contribution < -0.4 is 11.2 Å². The van der Waals surface area contributed by atoms with Gasteiger partial charge in [-0.2, -0.15) is 0 Å². The highest BCUT2D eigenvalue weighted by molar-refractivity contribution is 6.33. The number of rotatable bonds is 4. The van der Waals surface area contributed by atoms with E-state index >= 15 is 0 Å². The molecule has 2 N–H and O–H groups in total. The molecule has 1 unspecified atom stereocenters. The summed E-state index contributed by atoms with van der Waals surface area (Å²) >= 11 is 12.4. The number of aromatic amines is 2. The van der Waals surface area contributed by atoms with E-state index in [0.717, 1.165) is 43.4 Å². The van der Waals surface area contributed by atoms with E-state index in [1.165, 1.54) is 0 Å². The molecule has 0 amide bonds. The standard InChI is InChI=1S/C23H24Cl2N2O2/c24-18-10-11-20(25)17(12-18)13-19-21(26-23(29)27-22(19)28)16-8-6-15(7-9-16)14-4-2-1-3-5-14/h1-4,10-12,14-16H,5-9,13H2,(H2,26,27,28,29)/t14?,15-,16-. The summed E-state index contributed by atoms with van der Waals surface area (Å²) in [5.41, 5.74) is 1.33. The Kier molecular flexibility index (Phi) is 6.12. The summed E-state index contributed by atoms with van der Waals surface area (Å²) in [4.78, 5) is 30.0. The van der Waals surface area contributed by atoms with E-state index < -0.39 is 5.69 Å². The van der Waals surface area contributed by atoms with Gasteiger partial charge in [-0.15, -0.1) is 0 Å². The number of aromatic nitrogens is 2. The van der Waals surface area contributed by atoms with Gasteiger partial charge in [-0.3, -0.25) is 9.78 Å². The largest absolute Gasteiger partial charge is 0.325 e. The fourth-order valence-electron chi connectivity index (χ4n) is 4.71. The van der Waals surface area contributed by atoms with Crippen LogP contribution in [0.15, 0.2) is 52.1 Å². The van der Waals surface area contributed by atoms with E-state index in [2.05, 4.69) is 34.3 Å². The van der Waals surface area contributed by atoms with Crippen molar-refractivity contribution in [2.24, 2.45) is 11.8 Å². The third-order valence-corrected chi connectivity index (χ3v) is 6.85. The average Bonchev–Trinajstić information content (AvgIpc) is 2.73. The second-order valence-electron chi connectivity index (χ2n) is 8.04. The van der Waals surface area contributed by atoms with Gasteiger partial charge in [-0.05, 0) is 73.6 Å². The first-order valence-electron chi connectivity index (χ1n) is 10.1. The Morgan fingerprint density at radius 3 is 2.52 bits per heavy atom. The van der Waals surface area contributed by atoms with Gasteiger partial charge in [0, 0.05) is 27.7 Å². The second-order valence-corrected chi connectivity index (χ2v) is 8.88. The van der Waals surface area contributed by atoms with Gasteiger partial charge < -0.3 is 4.98 Å². The minimum Gasteiger partial charge on any atom is -0.311 e. The Balaban J connectivity index is 1.58. The number of hydrogen-bond donors (Lipinski definition) is 2. The van der Waals surface area contributed by atoms with Crippen molar-refractivity contribution >= 4 is 23.2 Å². The summed E-state index contributed by atoms with van der Waals surface area (Å²) in [5.74, 6) is 1.44. The molecule has 0 aliphatic heterocycles. The number of benzene rings is 1. The normalized spacial score (nSPS) is 24.0. The zero-order valence-electron chi connectivity index (χ0n) is 16.1. The van der Waals surface area contributed by atoms with Crippen molar-refractivity contribution in [3.63, 3.8) is 0 Å². The number of hydrogen-bond acceptors (Lipinski definition) is 2. The summed E-state index contributed by atoms with van der Waals surface area (Å²) in [6.45, 7) is 0. The molecule has 0 saturated heterocycles. The molecule has 0 spiro atoms. The van der Waals surface area contributed by atoms with E-state index in [0.29, 0.717) is 33.9 Å². The van der Waals surface area contributed by atoms with Crippen LogP contribution in [0.5, 0.6) is 0 Å². The van der Waals surface area contributed by atoms with Crippen LogP contribution in [0.25, 0.3) is 0 Å². The predicted octanol–water partition coefficient (Wildman–Crippen LogP) is 5.37. The van der Waals surface area contributed by atoms with Gasteiger partial charge in [-0.25, -0.2) is 4.79 Å². The van der Waals surface area contributed by atoms with Crippen LogP contribution in [0.2, 0.25) is 10.0 Å². The fourth-order valence-corrected chi connectivity index (χ4v) is 5.09. The van der Waals surface area contributed by atoms with Gasteiger partial charge in [0.2, 0.25) is 0 Å². The van der Waals surface area contributed by atoms with Crippen LogP contribution in [-0.2, 0) is 6.42 Å². The molecule has 1 fully saturated rings. The lowest BCUT2D eigenvalue weighted by Crippen LogP contribution is -2.31. The van der Waals surface area contributed by atoms with Crippen LogP contribution in [-0.4, -0.2) is 9.97 Å². The average molecular weight is 431 g/mol. The van der Waals surface area contributed by atoms with Crippen LogP contribution in [0.1, 0.15) is 54.8 Å². The number of H-pyrrole nitrogens is 2. The van der Waals surface area contributed by atoms with Crippen molar-refractivity contribution < 1.29 is 0 Å². The first-order chi connectivity index (χ1) is 14.0. The molecule has 29 heavy (non-hydrogen) atoms. The Morgan fingerprint density at radius 2 is 1.79 bits per heavy atom. The third-order valence-electron chi connectivity index (χ3n) is 6.25. The summed E-state index contributed by atoms with van der Waals surface area (Å²) < 4.78 is 0.